The summed E-state index contributed by atoms with van der Waals surface area (Å²) in [5.74, 6) is 0. The second-order valence-electron chi connectivity index (χ2n) is 14.5. The summed E-state index contributed by atoms with van der Waals surface area (Å²) in [4.78, 5) is 6.15. The van der Waals surface area contributed by atoms with Crippen LogP contribution in [0.1, 0.15) is 19.4 Å². The van der Waals surface area contributed by atoms with Crippen LogP contribution in [0.25, 0.3) is 83.0 Å². The molecule has 9 aromatic rings. The summed E-state index contributed by atoms with van der Waals surface area (Å²) in [6.45, 7) is 4.15. The first-order valence-electron chi connectivity index (χ1n) is 19.4. The van der Waals surface area contributed by atoms with E-state index in [9.17, 15) is 0 Å². The van der Waals surface area contributed by atoms with E-state index in [1.807, 2.05) is 0 Å². The molecule has 266 valence electrons. The van der Waals surface area contributed by atoms with Gasteiger partial charge in [-0.3, -0.25) is 0 Å². The predicted molar refractivity (Wildman–Crippen MR) is 240 cm³/mol. The average molecular weight is 717 g/mol. The number of fused-ring (bicyclic) bond motifs is 5. The number of hydrogen-bond acceptors (Lipinski definition) is 1. The van der Waals surface area contributed by atoms with E-state index in [0.717, 1.165) is 22.6 Å². The Labute approximate surface area is 328 Å². The molecule has 0 saturated carbocycles. The summed E-state index contributed by atoms with van der Waals surface area (Å²) in [6.07, 6.45) is 6.41. The van der Waals surface area contributed by atoms with Crippen LogP contribution in [0.2, 0.25) is 0 Å². The van der Waals surface area contributed by atoms with Crippen LogP contribution in [0.4, 0.5) is 17.1 Å². The Morgan fingerprint density at radius 1 is 0.482 bits per heavy atom. The predicted octanol–water partition coefficient (Wildman–Crippen LogP) is 15.4. The zero-order chi connectivity index (χ0) is 37.6. The fraction of sp³-hybridized carbons (Fsp3) is 0.0370. The molecular formula is C54H40N2. The Morgan fingerprint density at radius 2 is 1.00 bits per heavy atom. The number of hydrogen-bond donors (Lipinski definition) is 1. The van der Waals surface area contributed by atoms with E-state index in [2.05, 4.69) is 224 Å². The highest BCUT2D eigenvalue weighted by Crippen LogP contribution is 2.50. The van der Waals surface area contributed by atoms with Gasteiger partial charge in [-0.25, -0.2) is 0 Å². The molecule has 0 bridgehead atoms. The van der Waals surface area contributed by atoms with Crippen molar-refractivity contribution in [3.8, 4) is 55.8 Å². The summed E-state index contributed by atoms with van der Waals surface area (Å²) in [5.41, 5.74) is 19.3. The maximum Gasteiger partial charge on any atom is 0.0551 e. The fourth-order valence-corrected chi connectivity index (χ4v) is 8.50. The Hall–Kier alpha value is -7.16. The van der Waals surface area contributed by atoms with Gasteiger partial charge in [0, 0.05) is 39.1 Å². The number of benzene rings is 8. The highest BCUT2D eigenvalue weighted by Gasteiger charge is 2.25. The van der Waals surface area contributed by atoms with Gasteiger partial charge in [-0.1, -0.05) is 158 Å². The maximum absolute atomic E-state index is 3.80. The van der Waals surface area contributed by atoms with E-state index in [-0.39, 0.29) is 0 Å². The Kier molecular flexibility index (Phi) is 8.30. The summed E-state index contributed by atoms with van der Waals surface area (Å²) >= 11 is 0. The summed E-state index contributed by atoms with van der Waals surface area (Å²) in [6, 6.07) is 66.3. The maximum atomic E-state index is 3.80. The van der Waals surface area contributed by atoms with Crippen LogP contribution in [-0.4, -0.2) is 4.98 Å². The molecule has 8 aromatic carbocycles. The molecule has 0 saturated heterocycles. The van der Waals surface area contributed by atoms with Crippen LogP contribution in [0.15, 0.2) is 200 Å². The smallest absolute Gasteiger partial charge is 0.0551 e. The number of aromatic nitrogens is 1. The van der Waals surface area contributed by atoms with Crippen LogP contribution in [0, 0.1) is 0 Å². The van der Waals surface area contributed by atoms with Gasteiger partial charge in [-0.15, -0.1) is 0 Å². The monoisotopic (exact) mass is 716 g/mol. The molecule has 1 aliphatic carbocycles. The Balaban J connectivity index is 0.983. The topological polar surface area (TPSA) is 19.0 Å². The quantitative estimate of drug-likeness (QED) is 0.155. The van der Waals surface area contributed by atoms with E-state index >= 15 is 0 Å². The van der Waals surface area contributed by atoms with Crippen molar-refractivity contribution in [2.24, 2.45) is 0 Å². The zero-order valence-electron chi connectivity index (χ0n) is 31.5. The van der Waals surface area contributed by atoms with Gasteiger partial charge in [-0.05, 0) is 117 Å². The fourth-order valence-electron chi connectivity index (χ4n) is 8.50. The van der Waals surface area contributed by atoms with Gasteiger partial charge >= 0.3 is 0 Å². The summed E-state index contributed by atoms with van der Waals surface area (Å²) in [5, 5.41) is 3.91. The molecule has 10 rings (SSSR count). The second-order valence-corrected chi connectivity index (χ2v) is 14.5. The molecule has 0 atom stereocenters. The van der Waals surface area contributed by atoms with Crippen molar-refractivity contribution >= 4 is 44.3 Å². The lowest BCUT2D eigenvalue weighted by molar-refractivity contribution is 1.28. The lowest BCUT2D eigenvalue weighted by atomic mass is 9.99. The third-order valence-electron chi connectivity index (χ3n) is 11.3. The Bertz CT molecular complexity index is 2920. The molecule has 0 unspecified atom stereocenters. The third-order valence-corrected chi connectivity index (χ3v) is 11.3. The van der Waals surface area contributed by atoms with Crippen molar-refractivity contribution in [2.75, 3.05) is 4.90 Å². The van der Waals surface area contributed by atoms with Crippen molar-refractivity contribution in [1.82, 2.24) is 4.98 Å². The van der Waals surface area contributed by atoms with Gasteiger partial charge in [0.2, 0.25) is 0 Å². The number of anilines is 3. The molecule has 2 nitrogen and oxygen atoms in total. The molecule has 2 heteroatoms. The van der Waals surface area contributed by atoms with E-state index in [4.69, 9.17) is 0 Å². The summed E-state index contributed by atoms with van der Waals surface area (Å²) in [7, 11) is 0. The largest absolute Gasteiger partial charge is 0.354 e. The van der Waals surface area contributed by atoms with Crippen molar-refractivity contribution in [1.29, 1.82) is 0 Å². The molecular weight excluding hydrogens is 677 g/mol. The lowest BCUT2D eigenvalue weighted by Crippen LogP contribution is -2.09. The first kappa shape index (κ1) is 33.4. The summed E-state index contributed by atoms with van der Waals surface area (Å²) < 4.78 is 0. The number of H-pyrrole nitrogens is 1. The van der Waals surface area contributed by atoms with Crippen molar-refractivity contribution < 1.29 is 0 Å². The third kappa shape index (κ3) is 5.75. The van der Waals surface area contributed by atoms with Crippen LogP contribution >= 0.6 is 0 Å². The van der Waals surface area contributed by atoms with Crippen LogP contribution in [-0.2, 0) is 0 Å². The standard InChI is InChI=1S/C54H40N2/c1-3-10-36(4-2)38-21-28-45(29-22-38)56(46-30-23-41(24-31-46)40-19-17-39(18-20-40)37-11-6-5-7-12-37)47-32-25-42(26-33-47)44-27-34-48-51(35-44)55-54-50-16-9-14-43-13-8-15-49(52(43)50)53(48)54/h3-35,55H,1-2H3/b10-3-,36-4+. The highest BCUT2D eigenvalue weighted by atomic mass is 15.1. The van der Waals surface area contributed by atoms with Crippen LogP contribution in [0.3, 0.4) is 0 Å². The molecule has 0 spiro atoms. The minimum absolute atomic E-state index is 1.10. The molecule has 0 amide bonds. The Morgan fingerprint density at radius 3 is 1.59 bits per heavy atom. The zero-order valence-corrected chi connectivity index (χ0v) is 31.5. The van der Waals surface area contributed by atoms with E-state index < -0.39 is 0 Å². The number of nitrogens with one attached hydrogen (secondary N) is 1. The number of aromatic amines is 1. The molecule has 1 aromatic heterocycles. The normalized spacial score (nSPS) is 12.1. The number of allylic oxidation sites excluding steroid dienone is 4. The number of nitrogens with zero attached hydrogens (tertiary/aromatic N) is 1. The second kappa shape index (κ2) is 13.9. The van der Waals surface area contributed by atoms with Crippen molar-refractivity contribution in [3.05, 3.63) is 206 Å². The van der Waals surface area contributed by atoms with Crippen molar-refractivity contribution in [2.45, 2.75) is 13.8 Å². The first-order chi connectivity index (χ1) is 27.7. The van der Waals surface area contributed by atoms with Gasteiger partial charge in [0.15, 0.2) is 0 Å². The minimum atomic E-state index is 1.10. The van der Waals surface area contributed by atoms with Crippen molar-refractivity contribution in [3.63, 3.8) is 0 Å². The molecule has 0 radical (unpaired) electrons. The molecule has 1 N–H and O–H groups in total. The van der Waals surface area contributed by atoms with Gasteiger partial charge < -0.3 is 9.88 Å². The molecule has 0 aliphatic heterocycles. The molecule has 0 fully saturated rings. The molecule has 56 heavy (non-hydrogen) atoms. The van der Waals surface area contributed by atoms with Crippen LogP contribution < -0.4 is 4.90 Å². The van der Waals surface area contributed by atoms with E-state index in [1.165, 1.54) is 83.1 Å². The first-order valence-corrected chi connectivity index (χ1v) is 19.4. The van der Waals surface area contributed by atoms with Gasteiger partial charge in [0.25, 0.3) is 0 Å². The number of rotatable bonds is 8. The van der Waals surface area contributed by atoms with E-state index in [1.54, 1.807) is 0 Å². The lowest BCUT2D eigenvalue weighted by Gasteiger charge is -2.26. The van der Waals surface area contributed by atoms with Gasteiger partial charge in [-0.2, -0.15) is 0 Å². The van der Waals surface area contributed by atoms with E-state index in [0.29, 0.717) is 0 Å². The minimum Gasteiger partial charge on any atom is -0.354 e. The average Bonchev–Trinajstić information content (AvgIpc) is 3.80. The molecule has 1 aliphatic rings. The molecule has 1 heterocycles. The van der Waals surface area contributed by atoms with Gasteiger partial charge in [0.1, 0.15) is 0 Å². The van der Waals surface area contributed by atoms with Gasteiger partial charge in [0.05, 0.1) is 5.69 Å². The highest BCUT2D eigenvalue weighted by molar-refractivity contribution is 6.21. The van der Waals surface area contributed by atoms with Crippen LogP contribution in [0.5, 0.6) is 0 Å². The SMILES string of the molecule is C/C=C\C(=C/C)c1ccc(N(c2ccc(-c3ccc(-c4ccccc4)cc3)cc2)c2ccc(-c3ccc4c5c([nH]c4c3)-c3cccc4cccc-5c34)cc2)cc1.